The van der Waals surface area contributed by atoms with Crippen molar-refractivity contribution in [3.63, 3.8) is 0 Å². The number of halogens is 2. The number of hydrogen-bond acceptors (Lipinski definition) is 4. The van der Waals surface area contributed by atoms with Gasteiger partial charge >= 0.3 is 6.09 Å². The number of carbonyl (C=O) groups is 1. The van der Waals surface area contributed by atoms with Gasteiger partial charge in [-0.2, -0.15) is 5.10 Å². The molecule has 0 saturated heterocycles. The number of aromatic nitrogens is 3. The highest BCUT2D eigenvalue weighted by atomic mass is 19.1. The fourth-order valence-electron chi connectivity index (χ4n) is 3.31. The normalized spacial score (nSPS) is 13.0. The van der Waals surface area contributed by atoms with E-state index in [0.29, 0.717) is 6.54 Å². The quantitative estimate of drug-likeness (QED) is 0.520. The van der Waals surface area contributed by atoms with Crippen LogP contribution in [0, 0.1) is 17.0 Å². The lowest BCUT2D eigenvalue weighted by Crippen LogP contribution is -2.40. The van der Waals surface area contributed by atoms with Crippen LogP contribution in [0.2, 0.25) is 0 Å². The van der Waals surface area contributed by atoms with Gasteiger partial charge in [0, 0.05) is 0 Å². The van der Waals surface area contributed by atoms with E-state index in [1.807, 2.05) is 51.1 Å². The molecular weight excluding hydrogens is 426 g/mol. The van der Waals surface area contributed by atoms with Gasteiger partial charge in [0.1, 0.15) is 17.2 Å². The summed E-state index contributed by atoms with van der Waals surface area (Å²) < 4.78 is 35.6. The zero-order chi connectivity index (χ0) is 24.4. The molecule has 1 N–H and O–H groups in total. The van der Waals surface area contributed by atoms with Gasteiger partial charge in [0.15, 0.2) is 11.6 Å². The standard InChI is InChI=1S/C25H30F2N4O2/c1-24(2,3)20(28-23(32)33-25(4,5)6)21-29-22(18-14-17(26)12-13-19(18)27)31(30-21)15-16-10-8-7-9-11-16/h7-14,20H,15H2,1-6H3,(H,28,32)/t20-/m0/s1. The van der Waals surface area contributed by atoms with Crippen LogP contribution in [-0.2, 0) is 11.3 Å². The third kappa shape index (κ3) is 6.37. The molecule has 33 heavy (non-hydrogen) atoms. The molecule has 6 nitrogen and oxygen atoms in total. The average molecular weight is 457 g/mol. The first-order valence-electron chi connectivity index (χ1n) is 10.8. The molecule has 176 valence electrons. The number of benzene rings is 2. The molecule has 0 spiro atoms. The van der Waals surface area contributed by atoms with E-state index in [9.17, 15) is 13.6 Å². The van der Waals surface area contributed by atoms with Crippen LogP contribution in [0.3, 0.4) is 0 Å². The third-order valence-electron chi connectivity index (χ3n) is 4.82. The molecule has 0 bridgehead atoms. The summed E-state index contributed by atoms with van der Waals surface area (Å²) in [5.41, 5.74) is -0.259. The minimum absolute atomic E-state index is 0.00499. The van der Waals surface area contributed by atoms with Crippen molar-refractivity contribution in [1.82, 2.24) is 20.1 Å². The monoisotopic (exact) mass is 456 g/mol. The maximum Gasteiger partial charge on any atom is 0.408 e. The first-order valence-corrected chi connectivity index (χ1v) is 10.8. The number of carbonyl (C=O) groups excluding carboxylic acids is 1. The molecule has 2 aromatic carbocycles. The molecule has 3 aromatic rings. The summed E-state index contributed by atoms with van der Waals surface area (Å²) >= 11 is 0. The summed E-state index contributed by atoms with van der Waals surface area (Å²) in [6.45, 7) is 11.4. The topological polar surface area (TPSA) is 69.0 Å². The molecule has 0 radical (unpaired) electrons. The van der Waals surface area contributed by atoms with Crippen molar-refractivity contribution in [2.75, 3.05) is 0 Å². The SMILES string of the molecule is CC(C)(C)OC(=O)N[C@@H](c1nc(-c2cc(F)ccc2F)n(Cc2ccccc2)n1)C(C)(C)C. The van der Waals surface area contributed by atoms with Gasteiger partial charge in [0.25, 0.3) is 0 Å². The third-order valence-corrected chi connectivity index (χ3v) is 4.82. The number of nitrogens with zero attached hydrogens (tertiary/aromatic N) is 3. The summed E-state index contributed by atoms with van der Waals surface area (Å²) in [4.78, 5) is 17.1. The zero-order valence-corrected chi connectivity index (χ0v) is 19.8. The highest BCUT2D eigenvalue weighted by Crippen LogP contribution is 2.33. The smallest absolute Gasteiger partial charge is 0.408 e. The maximum absolute atomic E-state index is 14.7. The van der Waals surface area contributed by atoms with Crippen LogP contribution in [0.25, 0.3) is 11.4 Å². The Morgan fingerprint density at radius 3 is 2.33 bits per heavy atom. The number of rotatable bonds is 5. The van der Waals surface area contributed by atoms with Gasteiger partial charge in [-0.05, 0) is 49.9 Å². The number of amides is 1. The Kier molecular flexibility index (Phi) is 6.86. The van der Waals surface area contributed by atoms with Crippen LogP contribution < -0.4 is 5.32 Å². The van der Waals surface area contributed by atoms with Crippen molar-refractivity contribution in [1.29, 1.82) is 0 Å². The average Bonchev–Trinajstić information content (AvgIpc) is 3.09. The van der Waals surface area contributed by atoms with Gasteiger partial charge in [-0.15, -0.1) is 0 Å². The molecule has 1 heterocycles. The van der Waals surface area contributed by atoms with Crippen molar-refractivity contribution in [2.24, 2.45) is 5.41 Å². The number of alkyl carbamates (subject to hydrolysis) is 1. The second-order valence-corrected chi connectivity index (χ2v) is 10.0. The van der Waals surface area contributed by atoms with Gasteiger partial charge in [-0.25, -0.2) is 23.2 Å². The molecule has 8 heteroatoms. The molecule has 1 aromatic heterocycles. The van der Waals surface area contributed by atoms with Crippen molar-refractivity contribution in [3.8, 4) is 11.4 Å². The fraction of sp³-hybridized carbons (Fsp3) is 0.400. The highest BCUT2D eigenvalue weighted by Gasteiger charge is 2.34. The lowest BCUT2D eigenvalue weighted by atomic mass is 9.86. The first kappa shape index (κ1) is 24.4. The van der Waals surface area contributed by atoms with Crippen molar-refractivity contribution >= 4 is 6.09 Å². The molecule has 0 aliphatic heterocycles. The van der Waals surface area contributed by atoms with Crippen molar-refractivity contribution < 1.29 is 18.3 Å². The predicted octanol–water partition coefficient (Wildman–Crippen LogP) is 5.88. The van der Waals surface area contributed by atoms with Gasteiger partial charge in [0.05, 0.1) is 18.2 Å². The maximum atomic E-state index is 14.7. The largest absolute Gasteiger partial charge is 0.444 e. The molecule has 0 unspecified atom stereocenters. The van der Waals surface area contributed by atoms with Gasteiger partial charge in [-0.1, -0.05) is 51.1 Å². The summed E-state index contributed by atoms with van der Waals surface area (Å²) in [5, 5.41) is 7.46. The van der Waals surface area contributed by atoms with E-state index < -0.39 is 34.8 Å². The first-order chi connectivity index (χ1) is 15.3. The van der Waals surface area contributed by atoms with Crippen molar-refractivity contribution in [3.05, 3.63) is 71.6 Å². The Bertz CT molecular complexity index is 1120. The Labute approximate surface area is 193 Å². The summed E-state index contributed by atoms with van der Waals surface area (Å²) in [7, 11) is 0. The van der Waals surface area contributed by atoms with Crippen LogP contribution in [-0.4, -0.2) is 26.5 Å². The fourth-order valence-corrected chi connectivity index (χ4v) is 3.31. The van der Waals surface area contributed by atoms with E-state index in [2.05, 4.69) is 15.4 Å². The molecule has 0 saturated carbocycles. The van der Waals surface area contributed by atoms with E-state index in [-0.39, 0.29) is 17.2 Å². The molecule has 1 atom stereocenters. The van der Waals surface area contributed by atoms with Crippen LogP contribution >= 0.6 is 0 Å². The van der Waals surface area contributed by atoms with Crippen LogP contribution in [0.1, 0.15) is 59.0 Å². The van der Waals surface area contributed by atoms with Crippen molar-refractivity contribution in [2.45, 2.75) is 59.7 Å². The minimum Gasteiger partial charge on any atom is -0.444 e. The van der Waals surface area contributed by atoms with Crippen LogP contribution in [0.5, 0.6) is 0 Å². The second-order valence-electron chi connectivity index (χ2n) is 10.0. The second kappa shape index (κ2) is 9.29. The number of nitrogens with one attached hydrogen (secondary N) is 1. The number of ether oxygens (including phenoxy) is 1. The zero-order valence-electron chi connectivity index (χ0n) is 19.8. The molecular formula is C25H30F2N4O2. The lowest BCUT2D eigenvalue weighted by molar-refractivity contribution is 0.0458. The minimum atomic E-state index is -0.678. The van der Waals surface area contributed by atoms with Crippen LogP contribution in [0.4, 0.5) is 13.6 Å². The molecule has 0 aliphatic carbocycles. The predicted molar refractivity (Wildman–Crippen MR) is 122 cm³/mol. The Morgan fingerprint density at radius 2 is 1.73 bits per heavy atom. The molecule has 3 rings (SSSR count). The van der Waals surface area contributed by atoms with Gasteiger partial charge < -0.3 is 10.1 Å². The molecule has 0 fully saturated rings. The summed E-state index contributed by atoms with van der Waals surface area (Å²) in [5.74, 6) is -0.743. The highest BCUT2D eigenvalue weighted by molar-refractivity contribution is 5.68. The summed E-state index contributed by atoms with van der Waals surface area (Å²) in [6, 6.07) is 12.1. The molecule has 0 aliphatic rings. The van der Waals surface area contributed by atoms with Gasteiger partial charge in [0.2, 0.25) is 0 Å². The molecule has 1 amide bonds. The Hall–Kier alpha value is -3.29. The number of hydrogen-bond donors (Lipinski definition) is 1. The van der Waals surface area contributed by atoms with Crippen LogP contribution in [0.15, 0.2) is 48.5 Å². The Morgan fingerprint density at radius 1 is 1.06 bits per heavy atom. The van der Waals surface area contributed by atoms with E-state index in [4.69, 9.17) is 4.74 Å². The van der Waals surface area contributed by atoms with E-state index in [1.165, 1.54) is 4.68 Å². The summed E-state index contributed by atoms with van der Waals surface area (Å²) in [6.07, 6.45) is -0.611. The Balaban J connectivity index is 2.08. The van der Waals surface area contributed by atoms with E-state index in [0.717, 1.165) is 23.8 Å². The van der Waals surface area contributed by atoms with E-state index >= 15 is 0 Å². The van der Waals surface area contributed by atoms with E-state index in [1.54, 1.807) is 20.8 Å². The lowest BCUT2D eigenvalue weighted by Gasteiger charge is -2.30. The van der Waals surface area contributed by atoms with Gasteiger partial charge in [-0.3, -0.25) is 0 Å².